The molecule has 1 saturated heterocycles. The van der Waals surface area contributed by atoms with Crippen LogP contribution in [-0.4, -0.2) is 41.4 Å². The molecule has 0 atom stereocenters. The SMILES string of the molecule is CC(C)(C)OC(=O)c1c(-c2ccccc2)csc1NC(=O)CCCCC(=O)N1CCC(c2ccccc2)CC1. The quantitative estimate of drug-likeness (QED) is 0.226. The Morgan fingerprint density at radius 1 is 0.923 bits per heavy atom. The van der Waals surface area contributed by atoms with Gasteiger partial charge in [-0.15, -0.1) is 11.3 Å². The molecule has 2 amide bonds. The largest absolute Gasteiger partial charge is 0.456 e. The minimum atomic E-state index is -0.655. The number of piperidine rings is 1. The predicted octanol–water partition coefficient (Wildman–Crippen LogP) is 7.28. The highest BCUT2D eigenvalue weighted by molar-refractivity contribution is 7.15. The number of benzene rings is 2. The van der Waals surface area contributed by atoms with Gasteiger partial charge in [0.25, 0.3) is 0 Å². The first-order valence-electron chi connectivity index (χ1n) is 13.7. The number of nitrogens with zero attached hydrogens (tertiary/aromatic N) is 1. The molecule has 7 heteroatoms. The lowest BCUT2D eigenvalue weighted by Crippen LogP contribution is -2.37. The molecule has 2 aromatic carbocycles. The van der Waals surface area contributed by atoms with Crippen LogP contribution in [0.2, 0.25) is 0 Å². The average Bonchev–Trinajstić information content (AvgIpc) is 3.34. The maximum atomic E-state index is 13.1. The number of unbranched alkanes of at least 4 members (excludes halogenated alkanes) is 1. The van der Waals surface area contributed by atoms with Gasteiger partial charge in [-0.05, 0) is 63.5 Å². The minimum Gasteiger partial charge on any atom is -0.456 e. The number of carbonyl (C=O) groups excluding carboxylic acids is 3. The second-order valence-corrected chi connectivity index (χ2v) is 11.9. The lowest BCUT2D eigenvalue weighted by molar-refractivity contribution is -0.132. The number of ether oxygens (including phenoxy) is 1. The van der Waals surface area contributed by atoms with E-state index in [0.29, 0.717) is 35.7 Å². The Morgan fingerprint density at radius 2 is 1.54 bits per heavy atom. The van der Waals surface area contributed by atoms with Crippen LogP contribution in [0.3, 0.4) is 0 Å². The van der Waals surface area contributed by atoms with Gasteiger partial charge in [0.05, 0.1) is 0 Å². The normalized spacial score (nSPS) is 14.2. The number of likely N-dealkylation sites (tertiary alicyclic amines) is 1. The third kappa shape index (κ3) is 8.02. The van der Waals surface area contributed by atoms with Crippen LogP contribution in [0.5, 0.6) is 0 Å². The number of carbonyl (C=O) groups is 3. The second kappa shape index (κ2) is 13.1. The molecular formula is C32H38N2O4S. The Bertz CT molecular complexity index is 1260. The highest BCUT2D eigenvalue weighted by atomic mass is 32.1. The molecule has 206 valence electrons. The van der Waals surface area contributed by atoms with E-state index in [0.717, 1.165) is 37.1 Å². The van der Waals surface area contributed by atoms with Gasteiger partial charge in [0, 0.05) is 36.9 Å². The number of rotatable bonds is 9. The molecule has 1 aliphatic rings. The molecule has 1 aliphatic heterocycles. The number of thiophene rings is 1. The summed E-state index contributed by atoms with van der Waals surface area (Å²) in [6.45, 7) is 7.04. The van der Waals surface area contributed by atoms with Crippen molar-refractivity contribution in [2.24, 2.45) is 0 Å². The van der Waals surface area contributed by atoms with Gasteiger partial charge in [-0.2, -0.15) is 0 Å². The van der Waals surface area contributed by atoms with Crippen LogP contribution in [0, 0.1) is 0 Å². The van der Waals surface area contributed by atoms with Crippen LogP contribution in [0.25, 0.3) is 11.1 Å². The number of hydrogen-bond acceptors (Lipinski definition) is 5. The van der Waals surface area contributed by atoms with Crippen molar-refractivity contribution in [3.63, 3.8) is 0 Å². The maximum absolute atomic E-state index is 13.1. The molecule has 0 unspecified atom stereocenters. The fraction of sp³-hybridized carbons (Fsp3) is 0.406. The van der Waals surface area contributed by atoms with Gasteiger partial charge in [0.2, 0.25) is 11.8 Å². The molecule has 3 aromatic rings. The lowest BCUT2D eigenvalue weighted by atomic mass is 9.89. The Kier molecular flexibility index (Phi) is 9.57. The van der Waals surface area contributed by atoms with Crippen molar-refractivity contribution in [3.05, 3.63) is 77.2 Å². The number of anilines is 1. The van der Waals surface area contributed by atoms with E-state index >= 15 is 0 Å². The minimum absolute atomic E-state index is 0.167. The van der Waals surface area contributed by atoms with Crippen LogP contribution < -0.4 is 5.32 Å². The summed E-state index contributed by atoms with van der Waals surface area (Å²) in [4.78, 5) is 40.6. The molecule has 0 radical (unpaired) electrons. The third-order valence-corrected chi connectivity index (χ3v) is 7.79. The molecule has 6 nitrogen and oxygen atoms in total. The summed E-state index contributed by atoms with van der Waals surface area (Å²) in [5.74, 6) is 0.0565. The van der Waals surface area contributed by atoms with Gasteiger partial charge in [-0.1, -0.05) is 60.7 Å². The third-order valence-electron chi connectivity index (χ3n) is 6.89. The predicted molar refractivity (Wildman–Crippen MR) is 157 cm³/mol. The molecule has 1 N–H and O–H groups in total. The van der Waals surface area contributed by atoms with E-state index in [1.54, 1.807) is 0 Å². The van der Waals surface area contributed by atoms with Crippen LogP contribution in [0.4, 0.5) is 5.00 Å². The van der Waals surface area contributed by atoms with Gasteiger partial charge in [-0.3, -0.25) is 9.59 Å². The molecular weight excluding hydrogens is 508 g/mol. The van der Waals surface area contributed by atoms with Crippen molar-refractivity contribution in [1.82, 2.24) is 4.90 Å². The van der Waals surface area contributed by atoms with E-state index < -0.39 is 11.6 Å². The number of hydrogen-bond donors (Lipinski definition) is 1. The fourth-order valence-corrected chi connectivity index (χ4v) is 5.88. The zero-order valence-electron chi connectivity index (χ0n) is 23.1. The molecule has 0 saturated carbocycles. The van der Waals surface area contributed by atoms with Crippen LogP contribution in [0.15, 0.2) is 66.0 Å². The standard InChI is InChI=1S/C32H38N2O4S/c1-32(2,3)38-31(37)29-26(25-14-8-5-9-15-25)22-39-30(29)33-27(35)16-10-11-17-28(36)34-20-18-24(19-21-34)23-12-6-4-7-13-23/h4-9,12-15,22,24H,10-11,16-21H2,1-3H3,(H,33,35). The van der Waals surface area contributed by atoms with Crippen molar-refractivity contribution in [3.8, 4) is 11.1 Å². The Hall–Kier alpha value is -3.45. The lowest BCUT2D eigenvalue weighted by Gasteiger charge is -2.32. The van der Waals surface area contributed by atoms with Crippen molar-refractivity contribution in [2.75, 3.05) is 18.4 Å². The zero-order chi connectivity index (χ0) is 27.8. The first-order valence-corrected chi connectivity index (χ1v) is 14.6. The molecule has 2 heterocycles. The highest BCUT2D eigenvalue weighted by Crippen LogP contribution is 2.37. The van der Waals surface area contributed by atoms with E-state index in [-0.39, 0.29) is 18.2 Å². The van der Waals surface area contributed by atoms with E-state index in [4.69, 9.17) is 4.74 Å². The average molecular weight is 547 g/mol. The molecule has 1 aromatic heterocycles. The van der Waals surface area contributed by atoms with Crippen molar-refractivity contribution in [1.29, 1.82) is 0 Å². The topological polar surface area (TPSA) is 75.7 Å². The summed E-state index contributed by atoms with van der Waals surface area (Å²) in [6, 6.07) is 20.1. The molecule has 0 aliphatic carbocycles. The van der Waals surface area contributed by atoms with Crippen LogP contribution in [-0.2, 0) is 14.3 Å². The summed E-state index contributed by atoms with van der Waals surface area (Å²) >= 11 is 1.32. The highest BCUT2D eigenvalue weighted by Gasteiger charge is 2.27. The monoisotopic (exact) mass is 546 g/mol. The van der Waals surface area contributed by atoms with Crippen LogP contribution >= 0.6 is 11.3 Å². The Morgan fingerprint density at radius 3 is 2.18 bits per heavy atom. The zero-order valence-corrected chi connectivity index (χ0v) is 23.9. The van der Waals surface area contributed by atoms with Gasteiger partial charge in [0.15, 0.2) is 0 Å². The van der Waals surface area contributed by atoms with Crippen molar-refractivity contribution >= 4 is 34.1 Å². The first kappa shape index (κ1) is 28.6. The fourth-order valence-electron chi connectivity index (χ4n) is 4.91. The van der Waals surface area contributed by atoms with Gasteiger partial charge in [-0.25, -0.2) is 4.79 Å². The van der Waals surface area contributed by atoms with E-state index in [9.17, 15) is 14.4 Å². The molecule has 1 fully saturated rings. The molecule has 39 heavy (non-hydrogen) atoms. The van der Waals surface area contributed by atoms with E-state index in [1.165, 1.54) is 16.9 Å². The second-order valence-electron chi connectivity index (χ2n) is 11.0. The van der Waals surface area contributed by atoms with Gasteiger partial charge in [0.1, 0.15) is 16.2 Å². The van der Waals surface area contributed by atoms with E-state index in [2.05, 4.69) is 29.6 Å². The summed E-state index contributed by atoms with van der Waals surface area (Å²) in [6.07, 6.45) is 3.98. The Balaban J connectivity index is 1.27. The van der Waals surface area contributed by atoms with Crippen molar-refractivity contribution in [2.45, 2.75) is 70.8 Å². The number of nitrogens with one attached hydrogen (secondary N) is 1. The smallest absolute Gasteiger partial charge is 0.342 e. The number of amides is 2. The first-order chi connectivity index (χ1) is 18.7. The Labute approximate surface area is 235 Å². The summed E-state index contributed by atoms with van der Waals surface area (Å²) in [7, 11) is 0. The van der Waals surface area contributed by atoms with Crippen LogP contribution in [0.1, 0.15) is 81.1 Å². The summed E-state index contributed by atoms with van der Waals surface area (Å²) in [5, 5.41) is 5.29. The van der Waals surface area contributed by atoms with Gasteiger partial charge < -0.3 is 15.0 Å². The maximum Gasteiger partial charge on any atom is 0.342 e. The van der Waals surface area contributed by atoms with Gasteiger partial charge >= 0.3 is 5.97 Å². The molecule has 0 bridgehead atoms. The van der Waals surface area contributed by atoms with E-state index in [1.807, 2.05) is 67.4 Å². The number of esters is 1. The molecule has 0 spiro atoms. The summed E-state index contributed by atoms with van der Waals surface area (Å²) < 4.78 is 5.65. The molecule has 4 rings (SSSR count). The summed E-state index contributed by atoms with van der Waals surface area (Å²) in [5.41, 5.74) is 2.71. The van der Waals surface area contributed by atoms with Crippen molar-refractivity contribution < 1.29 is 19.1 Å².